The van der Waals surface area contributed by atoms with E-state index in [0.717, 1.165) is 17.8 Å². The monoisotopic (exact) mass is 272 g/mol. The summed E-state index contributed by atoms with van der Waals surface area (Å²) in [6, 6.07) is 9.31. The summed E-state index contributed by atoms with van der Waals surface area (Å²) in [5.41, 5.74) is 2.00. The van der Waals surface area contributed by atoms with Crippen LogP contribution in [0.3, 0.4) is 0 Å². The van der Waals surface area contributed by atoms with Crippen LogP contribution >= 0.6 is 11.3 Å². The lowest BCUT2D eigenvalue weighted by Crippen LogP contribution is -2.25. The van der Waals surface area contributed by atoms with E-state index in [1.165, 1.54) is 23.4 Å². The smallest absolute Gasteiger partial charge is 0.251 e. The minimum Gasteiger partial charge on any atom is -0.352 e. The summed E-state index contributed by atoms with van der Waals surface area (Å²) < 4.78 is 0. The molecule has 4 heteroatoms. The Morgan fingerprint density at radius 3 is 2.89 bits per heavy atom. The van der Waals surface area contributed by atoms with Crippen LogP contribution < -0.4 is 5.32 Å². The standard InChI is InChI=1S/C15H16N2OS/c18-15(11-5-2-1-3-6-11)16-10-9-14-17-12-7-4-8-13(12)19-14/h1-3,5-6H,4,7-10H2,(H,16,18). The Hall–Kier alpha value is -1.68. The number of carbonyl (C=O) groups is 1. The largest absolute Gasteiger partial charge is 0.352 e. The van der Waals surface area contributed by atoms with Crippen molar-refractivity contribution in [2.75, 3.05) is 6.54 Å². The first-order valence-corrected chi connectivity index (χ1v) is 7.45. The van der Waals surface area contributed by atoms with Crippen molar-refractivity contribution in [1.82, 2.24) is 10.3 Å². The molecule has 1 aliphatic carbocycles. The summed E-state index contributed by atoms with van der Waals surface area (Å²) in [6.07, 6.45) is 4.39. The maximum atomic E-state index is 11.8. The second-order valence-electron chi connectivity index (χ2n) is 4.70. The van der Waals surface area contributed by atoms with E-state index in [9.17, 15) is 4.79 Å². The molecule has 1 amide bonds. The molecular weight excluding hydrogens is 256 g/mol. The van der Waals surface area contributed by atoms with Crippen molar-refractivity contribution in [3.05, 3.63) is 51.5 Å². The summed E-state index contributed by atoms with van der Waals surface area (Å²) in [5.74, 6) is -0.00954. The molecule has 98 valence electrons. The van der Waals surface area contributed by atoms with Crippen molar-refractivity contribution in [1.29, 1.82) is 0 Å². The Balaban J connectivity index is 1.51. The number of aryl methyl sites for hydroxylation is 2. The molecule has 1 aromatic carbocycles. The topological polar surface area (TPSA) is 42.0 Å². The number of hydrogen-bond acceptors (Lipinski definition) is 3. The van der Waals surface area contributed by atoms with Gasteiger partial charge in [0.1, 0.15) is 0 Å². The van der Waals surface area contributed by atoms with Crippen LogP contribution in [0.25, 0.3) is 0 Å². The lowest BCUT2D eigenvalue weighted by molar-refractivity contribution is 0.0954. The number of fused-ring (bicyclic) bond motifs is 1. The molecule has 0 atom stereocenters. The van der Waals surface area contributed by atoms with E-state index in [4.69, 9.17) is 0 Å². The van der Waals surface area contributed by atoms with Crippen LogP contribution in [0.5, 0.6) is 0 Å². The molecule has 1 N–H and O–H groups in total. The molecule has 1 aromatic heterocycles. The summed E-state index contributed by atoms with van der Waals surface area (Å²) >= 11 is 1.81. The Kier molecular flexibility index (Phi) is 3.60. The summed E-state index contributed by atoms with van der Waals surface area (Å²) in [5, 5.41) is 4.09. The second kappa shape index (κ2) is 5.53. The van der Waals surface area contributed by atoms with E-state index in [1.54, 1.807) is 0 Å². The SMILES string of the molecule is O=C(NCCc1nc2c(s1)CCC2)c1ccccc1. The number of nitrogens with one attached hydrogen (secondary N) is 1. The average molecular weight is 272 g/mol. The number of aromatic nitrogens is 1. The number of thiazole rings is 1. The predicted molar refractivity (Wildman–Crippen MR) is 76.6 cm³/mol. The van der Waals surface area contributed by atoms with E-state index in [-0.39, 0.29) is 5.91 Å². The van der Waals surface area contributed by atoms with Gasteiger partial charge < -0.3 is 5.32 Å². The third kappa shape index (κ3) is 2.84. The summed E-state index contributed by atoms with van der Waals surface area (Å²) in [6.45, 7) is 0.653. The first kappa shape index (κ1) is 12.4. The second-order valence-corrected chi connectivity index (χ2v) is 5.87. The van der Waals surface area contributed by atoms with E-state index in [0.29, 0.717) is 12.1 Å². The van der Waals surface area contributed by atoms with Crippen LogP contribution in [0, 0.1) is 0 Å². The molecule has 0 saturated heterocycles. The average Bonchev–Trinajstić information content (AvgIpc) is 3.00. The Labute approximate surface area is 116 Å². The van der Waals surface area contributed by atoms with Crippen LogP contribution in [0.4, 0.5) is 0 Å². The van der Waals surface area contributed by atoms with Crippen molar-refractivity contribution >= 4 is 17.2 Å². The van der Waals surface area contributed by atoms with Crippen molar-refractivity contribution in [3.8, 4) is 0 Å². The molecule has 0 saturated carbocycles. The number of rotatable bonds is 4. The molecule has 0 fully saturated rings. The molecule has 0 spiro atoms. The fourth-order valence-corrected chi connectivity index (χ4v) is 3.48. The Morgan fingerprint density at radius 2 is 2.11 bits per heavy atom. The molecular formula is C15H16N2OS. The van der Waals surface area contributed by atoms with Gasteiger partial charge in [0.05, 0.1) is 10.7 Å². The van der Waals surface area contributed by atoms with Gasteiger partial charge in [-0.15, -0.1) is 11.3 Å². The fraction of sp³-hybridized carbons (Fsp3) is 0.333. The van der Waals surface area contributed by atoms with E-state index >= 15 is 0 Å². The number of amides is 1. The molecule has 0 radical (unpaired) electrons. The molecule has 1 heterocycles. The van der Waals surface area contributed by atoms with Gasteiger partial charge in [-0.25, -0.2) is 4.98 Å². The molecule has 0 aliphatic heterocycles. The van der Waals surface area contributed by atoms with Gasteiger partial charge in [0.2, 0.25) is 0 Å². The highest BCUT2D eigenvalue weighted by molar-refractivity contribution is 7.11. The van der Waals surface area contributed by atoms with E-state index in [1.807, 2.05) is 41.7 Å². The number of carbonyl (C=O) groups excluding carboxylic acids is 1. The minimum atomic E-state index is -0.00954. The molecule has 3 rings (SSSR count). The number of hydrogen-bond donors (Lipinski definition) is 1. The van der Waals surface area contributed by atoms with Crippen LogP contribution in [0.2, 0.25) is 0 Å². The normalized spacial score (nSPS) is 13.3. The third-order valence-electron chi connectivity index (χ3n) is 3.30. The molecule has 19 heavy (non-hydrogen) atoms. The summed E-state index contributed by atoms with van der Waals surface area (Å²) in [7, 11) is 0. The zero-order chi connectivity index (χ0) is 13.1. The zero-order valence-corrected chi connectivity index (χ0v) is 11.5. The first-order valence-electron chi connectivity index (χ1n) is 6.63. The quantitative estimate of drug-likeness (QED) is 0.929. The van der Waals surface area contributed by atoms with Gasteiger partial charge >= 0.3 is 0 Å². The Bertz CT molecular complexity index is 556. The Morgan fingerprint density at radius 1 is 1.26 bits per heavy atom. The van der Waals surface area contributed by atoms with Gasteiger partial charge in [0, 0.05) is 23.4 Å². The van der Waals surface area contributed by atoms with Crippen LogP contribution in [0.15, 0.2) is 30.3 Å². The maximum absolute atomic E-state index is 11.8. The summed E-state index contributed by atoms with van der Waals surface area (Å²) in [4.78, 5) is 17.9. The lowest BCUT2D eigenvalue weighted by atomic mass is 10.2. The highest BCUT2D eigenvalue weighted by Crippen LogP contribution is 2.27. The van der Waals surface area contributed by atoms with Gasteiger partial charge in [-0.1, -0.05) is 18.2 Å². The van der Waals surface area contributed by atoms with Gasteiger partial charge in [0.25, 0.3) is 5.91 Å². The van der Waals surface area contributed by atoms with Crippen molar-refractivity contribution in [2.45, 2.75) is 25.7 Å². The van der Waals surface area contributed by atoms with Crippen LogP contribution in [0.1, 0.15) is 32.4 Å². The third-order valence-corrected chi connectivity index (χ3v) is 4.52. The predicted octanol–water partition coefficient (Wildman–Crippen LogP) is 2.60. The molecule has 2 aromatic rings. The van der Waals surface area contributed by atoms with Gasteiger partial charge in [-0.3, -0.25) is 4.79 Å². The van der Waals surface area contributed by atoms with E-state index < -0.39 is 0 Å². The fourth-order valence-electron chi connectivity index (χ4n) is 2.33. The molecule has 3 nitrogen and oxygen atoms in total. The number of benzene rings is 1. The highest BCUT2D eigenvalue weighted by Gasteiger charge is 2.16. The first-order chi connectivity index (χ1) is 9.33. The van der Waals surface area contributed by atoms with Crippen LogP contribution in [-0.4, -0.2) is 17.4 Å². The molecule has 0 bridgehead atoms. The van der Waals surface area contributed by atoms with Gasteiger partial charge in [0.15, 0.2) is 0 Å². The highest BCUT2D eigenvalue weighted by atomic mass is 32.1. The zero-order valence-electron chi connectivity index (χ0n) is 10.7. The molecule has 0 unspecified atom stereocenters. The van der Waals surface area contributed by atoms with E-state index in [2.05, 4.69) is 10.3 Å². The van der Waals surface area contributed by atoms with Crippen LogP contribution in [-0.2, 0) is 19.3 Å². The van der Waals surface area contributed by atoms with Crippen molar-refractivity contribution in [3.63, 3.8) is 0 Å². The lowest BCUT2D eigenvalue weighted by Gasteiger charge is -2.03. The van der Waals surface area contributed by atoms with Gasteiger partial charge in [-0.2, -0.15) is 0 Å². The van der Waals surface area contributed by atoms with Crippen molar-refractivity contribution in [2.24, 2.45) is 0 Å². The minimum absolute atomic E-state index is 0.00954. The van der Waals surface area contributed by atoms with Gasteiger partial charge in [-0.05, 0) is 31.4 Å². The molecule has 1 aliphatic rings. The van der Waals surface area contributed by atoms with Crippen molar-refractivity contribution < 1.29 is 4.79 Å². The number of nitrogens with zero attached hydrogens (tertiary/aromatic N) is 1. The maximum Gasteiger partial charge on any atom is 0.251 e.